The first-order chi connectivity index (χ1) is 12.2. The molecule has 3 N–H and O–H groups in total. The minimum Gasteiger partial charge on any atom is -0.371 e. The third-order valence-corrected chi connectivity index (χ3v) is 4.89. The van der Waals surface area contributed by atoms with Crippen molar-refractivity contribution < 1.29 is 8.78 Å². The number of piperidine rings is 1. The Hall–Kier alpha value is -2.47. The van der Waals surface area contributed by atoms with E-state index < -0.39 is 11.6 Å². The molecule has 130 valence electrons. The predicted octanol–water partition coefficient (Wildman–Crippen LogP) is 3.52. The van der Waals surface area contributed by atoms with E-state index in [-0.39, 0.29) is 12.1 Å². The Kier molecular flexibility index (Phi) is 4.13. The van der Waals surface area contributed by atoms with Crippen LogP contribution in [-0.2, 0) is 6.54 Å². The summed E-state index contributed by atoms with van der Waals surface area (Å²) in [6.07, 6.45) is 1.78. The van der Waals surface area contributed by atoms with Crippen LogP contribution in [0.25, 0.3) is 0 Å². The lowest BCUT2D eigenvalue weighted by molar-refractivity contribution is 0.419. The Labute approximate surface area is 145 Å². The average molecular weight is 342 g/mol. The molecule has 4 nitrogen and oxygen atoms in total. The number of anilines is 2. The van der Waals surface area contributed by atoms with Gasteiger partial charge in [0.25, 0.3) is 0 Å². The summed E-state index contributed by atoms with van der Waals surface area (Å²) in [5.74, 6) is -0.320. The normalized spacial score (nSPS) is 20.0. The maximum absolute atomic E-state index is 13.9. The van der Waals surface area contributed by atoms with Crippen LogP contribution in [0.1, 0.15) is 18.4 Å². The summed E-state index contributed by atoms with van der Waals surface area (Å²) in [6, 6.07) is 11.6. The SMILES string of the molecule is Fc1ccc(CN=C2Nc3ccccc3NC23CCNCC3)c(F)c1. The molecule has 0 aliphatic carbocycles. The number of aliphatic imine (C=N–C) groups is 1. The molecule has 1 fully saturated rings. The number of para-hydroxylation sites is 2. The minimum atomic E-state index is -0.574. The van der Waals surface area contributed by atoms with Gasteiger partial charge < -0.3 is 16.0 Å². The Balaban J connectivity index is 1.67. The van der Waals surface area contributed by atoms with Crippen LogP contribution in [0, 0.1) is 11.6 Å². The van der Waals surface area contributed by atoms with E-state index in [1.165, 1.54) is 12.1 Å². The molecule has 0 atom stereocenters. The number of nitrogens with zero attached hydrogens (tertiary/aromatic N) is 1. The first-order valence-corrected chi connectivity index (χ1v) is 8.50. The van der Waals surface area contributed by atoms with Crippen molar-refractivity contribution in [1.29, 1.82) is 0 Å². The molecule has 1 spiro atoms. The van der Waals surface area contributed by atoms with Crippen molar-refractivity contribution in [2.75, 3.05) is 23.7 Å². The molecule has 2 aromatic carbocycles. The van der Waals surface area contributed by atoms with Crippen molar-refractivity contribution in [3.05, 3.63) is 59.7 Å². The molecule has 2 heterocycles. The number of rotatable bonds is 2. The molecule has 0 saturated carbocycles. The fourth-order valence-electron chi connectivity index (χ4n) is 3.49. The molecular formula is C19H20F2N4. The quantitative estimate of drug-likeness (QED) is 0.783. The summed E-state index contributed by atoms with van der Waals surface area (Å²) < 4.78 is 27.0. The summed E-state index contributed by atoms with van der Waals surface area (Å²) >= 11 is 0. The molecule has 0 bridgehead atoms. The maximum Gasteiger partial charge on any atom is 0.131 e. The minimum absolute atomic E-state index is 0.174. The summed E-state index contributed by atoms with van der Waals surface area (Å²) in [7, 11) is 0. The summed E-state index contributed by atoms with van der Waals surface area (Å²) in [5, 5.41) is 10.4. The average Bonchev–Trinajstić information content (AvgIpc) is 2.62. The highest BCUT2D eigenvalue weighted by molar-refractivity contribution is 6.09. The topological polar surface area (TPSA) is 48.5 Å². The zero-order valence-electron chi connectivity index (χ0n) is 13.8. The van der Waals surface area contributed by atoms with Gasteiger partial charge in [0.05, 0.1) is 23.5 Å². The molecule has 2 aliphatic heterocycles. The van der Waals surface area contributed by atoms with Gasteiger partial charge in [-0.05, 0) is 44.1 Å². The van der Waals surface area contributed by atoms with Crippen molar-refractivity contribution in [2.45, 2.75) is 24.9 Å². The summed E-state index contributed by atoms with van der Waals surface area (Å²) in [6.45, 7) is 1.95. The van der Waals surface area contributed by atoms with Gasteiger partial charge in [0.15, 0.2) is 0 Å². The van der Waals surface area contributed by atoms with Crippen LogP contribution in [-0.4, -0.2) is 24.5 Å². The number of amidine groups is 1. The van der Waals surface area contributed by atoms with Crippen molar-refractivity contribution >= 4 is 17.2 Å². The van der Waals surface area contributed by atoms with Crippen LogP contribution < -0.4 is 16.0 Å². The van der Waals surface area contributed by atoms with Gasteiger partial charge in [0, 0.05) is 11.6 Å². The van der Waals surface area contributed by atoms with Gasteiger partial charge >= 0.3 is 0 Å². The third kappa shape index (κ3) is 3.09. The smallest absolute Gasteiger partial charge is 0.131 e. The Bertz CT molecular complexity index is 813. The van der Waals surface area contributed by atoms with E-state index in [2.05, 4.69) is 20.9 Å². The van der Waals surface area contributed by atoms with E-state index in [0.717, 1.165) is 49.2 Å². The van der Waals surface area contributed by atoms with Gasteiger partial charge in [-0.1, -0.05) is 18.2 Å². The van der Waals surface area contributed by atoms with Gasteiger partial charge in [0.1, 0.15) is 17.5 Å². The number of halogens is 2. The van der Waals surface area contributed by atoms with Gasteiger partial charge in [0.2, 0.25) is 0 Å². The molecule has 2 aromatic rings. The highest BCUT2D eigenvalue weighted by Gasteiger charge is 2.40. The zero-order valence-corrected chi connectivity index (χ0v) is 13.8. The molecule has 4 rings (SSSR count). The third-order valence-electron chi connectivity index (χ3n) is 4.89. The van der Waals surface area contributed by atoms with Crippen LogP contribution in [0.3, 0.4) is 0 Å². The predicted molar refractivity (Wildman–Crippen MR) is 96.0 cm³/mol. The first kappa shape index (κ1) is 16.0. The lowest BCUT2D eigenvalue weighted by atomic mass is 9.84. The van der Waals surface area contributed by atoms with Crippen LogP contribution in [0.2, 0.25) is 0 Å². The van der Waals surface area contributed by atoms with Gasteiger partial charge in [-0.25, -0.2) is 8.78 Å². The van der Waals surface area contributed by atoms with Gasteiger partial charge in [-0.2, -0.15) is 0 Å². The maximum atomic E-state index is 13.9. The molecule has 0 amide bonds. The van der Waals surface area contributed by atoms with E-state index in [1.54, 1.807) is 0 Å². The molecule has 2 aliphatic rings. The highest BCUT2D eigenvalue weighted by Crippen LogP contribution is 2.35. The van der Waals surface area contributed by atoms with Gasteiger partial charge in [-0.3, -0.25) is 4.99 Å². The largest absolute Gasteiger partial charge is 0.371 e. The van der Waals surface area contributed by atoms with E-state index in [4.69, 9.17) is 0 Å². The van der Waals surface area contributed by atoms with Crippen molar-refractivity contribution in [3.63, 3.8) is 0 Å². The molecule has 25 heavy (non-hydrogen) atoms. The number of hydrogen-bond donors (Lipinski definition) is 3. The molecule has 0 radical (unpaired) electrons. The number of hydrogen-bond acceptors (Lipinski definition) is 3. The van der Waals surface area contributed by atoms with E-state index >= 15 is 0 Å². The highest BCUT2D eigenvalue weighted by atomic mass is 19.1. The van der Waals surface area contributed by atoms with Crippen LogP contribution in [0.15, 0.2) is 47.5 Å². The monoisotopic (exact) mass is 342 g/mol. The number of nitrogens with one attached hydrogen (secondary N) is 3. The lowest BCUT2D eigenvalue weighted by Crippen LogP contribution is -2.57. The Morgan fingerprint density at radius 1 is 1.00 bits per heavy atom. The Morgan fingerprint density at radius 3 is 2.52 bits per heavy atom. The number of benzene rings is 2. The summed E-state index contributed by atoms with van der Waals surface area (Å²) in [5.41, 5.74) is 2.12. The van der Waals surface area contributed by atoms with Crippen molar-refractivity contribution in [3.8, 4) is 0 Å². The second-order valence-electron chi connectivity index (χ2n) is 6.53. The fraction of sp³-hybridized carbons (Fsp3) is 0.316. The molecular weight excluding hydrogens is 322 g/mol. The van der Waals surface area contributed by atoms with E-state index in [0.29, 0.717) is 5.56 Å². The van der Waals surface area contributed by atoms with Crippen molar-refractivity contribution in [2.24, 2.45) is 4.99 Å². The lowest BCUT2D eigenvalue weighted by Gasteiger charge is -2.44. The zero-order chi connectivity index (χ0) is 17.3. The van der Waals surface area contributed by atoms with Crippen LogP contribution in [0.5, 0.6) is 0 Å². The van der Waals surface area contributed by atoms with E-state index in [1.807, 2.05) is 24.3 Å². The van der Waals surface area contributed by atoms with Crippen molar-refractivity contribution in [1.82, 2.24) is 5.32 Å². The van der Waals surface area contributed by atoms with E-state index in [9.17, 15) is 8.78 Å². The fourth-order valence-corrected chi connectivity index (χ4v) is 3.49. The summed E-state index contributed by atoms with van der Waals surface area (Å²) in [4.78, 5) is 4.67. The number of fused-ring (bicyclic) bond motifs is 1. The van der Waals surface area contributed by atoms with Crippen LogP contribution >= 0.6 is 0 Å². The first-order valence-electron chi connectivity index (χ1n) is 8.50. The second-order valence-corrected chi connectivity index (χ2v) is 6.53. The van der Waals surface area contributed by atoms with Crippen LogP contribution in [0.4, 0.5) is 20.2 Å². The Morgan fingerprint density at radius 2 is 1.76 bits per heavy atom. The second kappa shape index (κ2) is 6.44. The van der Waals surface area contributed by atoms with Gasteiger partial charge in [-0.15, -0.1) is 0 Å². The molecule has 1 saturated heterocycles. The molecule has 6 heteroatoms. The standard InChI is InChI=1S/C19H20F2N4/c20-14-6-5-13(15(21)11-14)12-23-18-19(7-9-22-10-8-19)25-17-4-2-1-3-16(17)24-18/h1-6,11,22,25H,7-10,12H2,(H,23,24). The molecule has 0 aromatic heterocycles. The molecule has 0 unspecified atom stereocenters.